The van der Waals surface area contributed by atoms with Crippen LogP contribution in [0.3, 0.4) is 0 Å². The summed E-state index contributed by atoms with van der Waals surface area (Å²) in [4.78, 5) is 14.7. The second kappa shape index (κ2) is 6.00. The Morgan fingerprint density at radius 2 is 2.05 bits per heavy atom. The van der Waals surface area contributed by atoms with E-state index in [9.17, 15) is 4.79 Å². The van der Waals surface area contributed by atoms with Gasteiger partial charge in [0, 0.05) is 17.8 Å². The minimum Gasteiger partial charge on any atom is -0.497 e. The first-order chi connectivity index (χ1) is 10.3. The van der Waals surface area contributed by atoms with E-state index < -0.39 is 0 Å². The number of para-hydroxylation sites is 1. The Hall–Kier alpha value is -2.29. The Morgan fingerprint density at radius 3 is 2.90 bits per heavy atom. The maximum atomic E-state index is 12.5. The van der Waals surface area contributed by atoms with Crippen LogP contribution in [0.15, 0.2) is 48.5 Å². The first-order valence-corrected chi connectivity index (χ1v) is 7.28. The fourth-order valence-corrected chi connectivity index (χ4v) is 2.84. The number of ketones is 1. The van der Waals surface area contributed by atoms with Gasteiger partial charge >= 0.3 is 0 Å². The molecule has 0 unspecified atom stereocenters. The molecule has 3 rings (SSSR count). The van der Waals surface area contributed by atoms with Crippen molar-refractivity contribution in [3.05, 3.63) is 59.7 Å². The van der Waals surface area contributed by atoms with Crippen molar-refractivity contribution in [3.8, 4) is 5.75 Å². The topological polar surface area (TPSA) is 29.5 Å². The van der Waals surface area contributed by atoms with Gasteiger partial charge in [0.2, 0.25) is 0 Å². The molecular weight excluding hydrogens is 262 g/mol. The highest BCUT2D eigenvalue weighted by Crippen LogP contribution is 2.26. The van der Waals surface area contributed by atoms with Gasteiger partial charge in [-0.3, -0.25) is 4.79 Å². The molecule has 1 aliphatic rings. The van der Waals surface area contributed by atoms with Gasteiger partial charge < -0.3 is 9.64 Å². The van der Waals surface area contributed by atoms with E-state index in [0.29, 0.717) is 12.1 Å². The van der Waals surface area contributed by atoms with Gasteiger partial charge in [-0.1, -0.05) is 30.3 Å². The second-order valence-corrected chi connectivity index (χ2v) is 5.31. The number of aryl methyl sites for hydroxylation is 1. The molecule has 3 nitrogen and oxygen atoms in total. The van der Waals surface area contributed by atoms with Crippen LogP contribution in [0, 0.1) is 0 Å². The van der Waals surface area contributed by atoms with Crippen molar-refractivity contribution in [2.24, 2.45) is 0 Å². The lowest BCUT2D eigenvalue weighted by Crippen LogP contribution is -2.34. The zero-order chi connectivity index (χ0) is 14.7. The van der Waals surface area contributed by atoms with E-state index in [1.807, 2.05) is 24.3 Å². The molecule has 1 heterocycles. The van der Waals surface area contributed by atoms with Crippen LogP contribution in [0.1, 0.15) is 22.3 Å². The molecule has 0 saturated heterocycles. The molecule has 21 heavy (non-hydrogen) atoms. The number of hydrogen-bond donors (Lipinski definition) is 0. The van der Waals surface area contributed by atoms with Crippen LogP contribution in [0.5, 0.6) is 5.75 Å². The van der Waals surface area contributed by atoms with Gasteiger partial charge in [0.1, 0.15) is 5.75 Å². The summed E-state index contributed by atoms with van der Waals surface area (Å²) in [5.74, 6) is 0.852. The molecule has 0 bridgehead atoms. The van der Waals surface area contributed by atoms with Crippen molar-refractivity contribution < 1.29 is 9.53 Å². The fraction of sp³-hybridized carbons (Fsp3) is 0.278. The number of anilines is 1. The number of rotatable bonds is 4. The summed E-state index contributed by atoms with van der Waals surface area (Å²) in [6.45, 7) is 1.36. The van der Waals surface area contributed by atoms with Crippen LogP contribution in [0.4, 0.5) is 5.69 Å². The average Bonchev–Trinajstić information content (AvgIpc) is 2.55. The molecule has 0 saturated carbocycles. The van der Waals surface area contributed by atoms with Crippen LogP contribution >= 0.6 is 0 Å². The number of benzene rings is 2. The zero-order valence-electron chi connectivity index (χ0n) is 12.2. The number of ether oxygens (including phenoxy) is 1. The molecule has 0 amide bonds. The van der Waals surface area contributed by atoms with E-state index in [1.165, 1.54) is 11.3 Å². The number of fused-ring (bicyclic) bond motifs is 1. The summed E-state index contributed by atoms with van der Waals surface area (Å²) >= 11 is 0. The van der Waals surface area contributed by atoms with Crippen LogP contribution < -0.4 is 9.64 Å². The molecule has 0 aliphatic carbocycles. The van der Waals surface area contributed by atoms with Crippen molar-refractivity contribution in [3.63, 3.8) is 0 Å². The number of nitrogens with zero attached hydrogens (tertiary/aromatic N) is 1. The number of Topliss-reactive ketones (excluding diaryl/α,β-unsaturated/α-hetero) is 1. The van der Waals surface area contributed by atoms with Crippen LogP contribution in [0.2, 0.25) is 0 Å². The number of carbonyl (C=O) groups excluding carboxylic acids is 1. The molecule has 1 aliphatic heterocycles. The maximum Gasteiger partial charge on any atom is 0.182 e. The summed E-state index contributed by atoms with van der Waals surface area (Å²) in [7, 11) is 1.62. The molecule has 2 aromatic rings. The first kappa shape index (κ1) is 13.7. The molecule has 0 atom stereocenters. The number of carbonyl (C=O) groups is 1. The average molecular weight is 281 g/mol. The Morgan fingerprint density at radius 1 is 1.19 bits per heavy atom. The molecular formula is C18H19NO2. The Kier molecular flexibility index (Phi) is 3.91. The molecule has 0 N–H and O–H groups in total. The first-order valence-electron chi connectivity index (χ1n) is 7.28. The maximum absolute atomic E-state index is 12.5. The van der Waals surface area contributed by atoms with Crippen molar-refractivity contribution in [1.29, 1.82) is 0 Å². The summed E-state index contributed by atoms with van der Waals surface area (Å²) in [6.07, 6.45) is 2.20. The SMILES string of the molecule is COc1cccc(C(=O)CN2CCCc3ccccc32)c1. The monoisotopic (exact) mass is 281 g/mol. The van der Waals surface area contributed by atoms with Gasteiger partial charge in [0.05, 0.1) is 13.7 Å². The molecule has 0 radical (unpaired) electrons. The van der Waals surface area contributed by atoms with Crippen molar-refractivity contribution in [1.82, 2.24) is 0 Å². The van der Waals surface area contributed by atoms with Crippen molar-refractivity contribution in [2.45, 2.75) is 12.8 Å². The van der Waals surface area contributed by atoms with E-state index >= 15 is 0 Å². The van der Waals surface area contributed by atoms with Gasteiger partial charge in [-0.25, -0.2) is 0 Å². The third kappa shape index (κ3) is 2.92. The number of methoxy groups -OCH3 is 1. The minimum atomic E-state index is 0.130. The van der Waals surface area contributed by atoms with Crippen LogP contribution in [-0.2, 0) is 6.42 Å². The third-order valence-electron chi connectivity index (χ3n) is 3.93. The fourth-order valence-electron chi connectivity index (χ4n) is 2.84. The summed E-state index contributed by atoms with van der Waals surface area (Å²) in [6, 6.07) is 15.7. The molecule has 108 valence electrons. The lowest BCUT2D eigenvalue weighted by Gasteiger charge is -2.30. The Bertz CT molecular complexity index is 651. The number of hydrogen-bond acceptors (Lipinski definition) is 3. The van der Waals surface area contributed by atoms with E-state index in [0.717, 1.165) is 25.1 Å². The highest BCUT2D eigenvalue weighted by atomic mass is 16.5. The van der Waals surface area contributed by atoms with Crippen LogP contribution in [0.25, 0.3) is 0 Å². The zero-order valence-corrected chi connectivity index (χ0v) is 12.2. The quantitative estimate of drug-likeness (QED) is 0.805. The van der Waals surface area contributed by atoms with Crippen molar-refractivity contribution >= 4 is 11.5 Å². The predicted octanol–water partition coefficient (Wildman–Crippen LogP) is 3.33. The van der Waals surface area contributed by atoms with Gasteiger partial charge in [-0.05, 0) is 36.6 Å². The van der Waals surface area contributed by atoms with Crippen molar-refractivity contribution in [2.75, 3.05) is 25.1 Å². The summed E-state index contributed by atoms with van der Waals surface area (Å²) in [5.41, 5.74) is 3.24. The summed E-state index contributed by atoms with van der Waals surface area (Å²) in [5, 5.41) is 0. The lowest BCUT2D eigenvalue weighted by atomic mass is 10.0. The Balaban J connectivity index is 1.79. The highest BCUT2D eigenvalue weighted by molar-refractivity contribution is 5.99. The van der Waals surface area contributed by atoms with E-state index in [2.05, 4.69) is 23.1 Å². The van der Waals surface area contributed by atoms with Gasteiger partial charge in [0.15, 0.2) is 5.78 Å². The van der Waals surface area contributed by atoms with Gasteiger partial charge in [-0.15, -0.1) is 0 Å². The largest absolute Gasteiger partial charge is 0.497 e. The molecule has 0 spiro atoms. The smallest absolute Gasteiger partial charge is 0.182 e. The molecule has 0 fully saturated rings. The minimum absolute atomic E-state index is 0.130. The van der Waals surface area contributed by atoms with Gasteiger partial charge in [0.25, 0.3) is 0 Å². The van der Waals surface area contributed by atoms with E-state index in [1.54, 1.807) is 13.2 Å². The lowest BCUT2D eigenvalue weighted by molar-refractivity contribution is 0.0998. The van der Waals surface area contributed by atoms with E-state index in [4.69, 9.17) is 4.74 Å². The summed E-state index contributed by atoms with van der Waals surface area (Å²) < 4.78 is 5.19. The van der Waals surface area contributed by atoms with Crippen LogP contribution in [-0.4, -0.2) is 26.0 Å². The molecule has 3 heteroatoms. The highest BCUT2D eigenvalue weighted by Gasteiger charge is 2.19. The molecule has 0 aromatic heterocycles. The Labute approximate surface area is 125 Å². The van der Waals surface area contributed by atoms with E-state index in [-0.39, 0.29) is 5.78 Å². The van der Waals surface area contributed by atoms with Gasteiger partial charge in [-0.2, -0.15) is 0 Å². The predicted molar refractivity (Wildman–Crippen MR) is 84.3 cm³/mol. The molecule has 2 aromatic carbocycles. The normalized spacial score (nSPS) is 13.7. The standard InChI is InChI=1S/C18H19NO2/c1-21-16-9-4-7-15(12-16)18(20)13-19-11-5-8-14-6-2-3-10-17(14)19/h2-4,6-7,9-10,12H,5,8,11,13H2,1H3. The second-order valence-electron chi connectivity index (χ2n) is 5.31. The third-order valence-corrected chi connectivity index (χ3v) is 3.93.